The van der Waals surface area contributed by atoms with Crippen LogP contribution in [0.1, 0.15) is 33.5 Å². The van der Waals surface area contributed by atoms with Crippen LogP contribution in [0.25, 0.3) is 0 Å². The zero-order valence-electron chi connectivity index (χ0n) is 35.7. The average molecular weight is 1670 g/mol. The fraction of sp³-hybridized carbons (Fsp3) is 0.619. The van der Waals surface area contributed by atoms with Gasteiger partial charge in [0.15, 0.2) is 0 Å². The molecule has 4 fully saturated rings. The first-order valence-electron chi connectivity index (χ1n) is 17.8. The summed E-state index contributed by atoms with van der Waals surface area (Å²) in [4.78, 5) is 18.8. The normalized spacial score (nSPS) is 22.1. The molecule has 24 atom stereocenters. The molecule has 5 heterocycles. The molecule has 4 aliphatic rings. The molecule has 3 saturated heterocycles. The number of fused-ring (bicyclic) bond motifs is 4. The molecule has 7 nitrogen and oxygen atoms in total. The molecule has 2 aromatic rings. The number of rotatable bonds is 15. The van der Waals surface area contributed by atoms with E-state index in [-0.39, 0.29) is 136 Å². The maximum Gasteiger partial charge on any atom is 1.00 e. The molecule has 64 heavy (non-hydrogen) atoms. The molecular weight excluding hydrogens is 1610 g/mol. The molecule has 24 unspecified atom stereocenters. The molecule has 43 heteroatoms. The molecule has 0 radical (unpaired) electrons. The Labute approximate surface area is 489 Å². The van der Waals surface area contributed by atoms with E-state index in [1.165, 1.54) is 32.1 Å². The average Bonchev–Trinajstić information content (AvgIpc) is 3.65. The van der Waals surface area contributed by atoms with E-state index in [4.69, 9.17) is 9.47 Å². The molecule has 364 valence electrons. The third-order valence-corrected chi connectivity index (χ3v) is 223. The first-order chi connectivity index (χ1) is 29.6. The summed E-state index contributed by atoms with van der Waals surface area (Å²) in [5.41, 5.74) is 0. The number of ether oxygens (including phenoxy) is 2. The fourth-order valence-electron chi connectivity index (χ4n) is 6.33. The predicted molar refractivity (Wildman–Crippen MR) is 399 cm³/mol. The first kappa shape index (κ1) is 74.2. The maximum atomic E-state index is 5.53. The van der Waals surface area contributed by atoms with E-state index in [1.807, 2.05) is 6.20 Å². The molecular formula is C21H61Br3N5NaO2P32. The van der Waals surface area contributed by atoms with Gasteiger partial charge in [-0.1, -0.05) is 0 Å². The van der Waals surface area contributed by atoms with E-state index in [2.05, 4.69) is 224 Å². The Balaban J connectivity index is 0.000000513. The molecule has 0 amide bonds. The minimum Gasteiger partial charge on any atom is -1.00 e. The molecule has 0 N–H and O–H groups in total. The summed E-state index contributed by atoms with van der Waals surface area (Å²) in [6, 6.07) is 0.999. The number of hydrogen-bond donors (Lipinski definition) is 0. The molecule has 0 spiro atoms. The number of anilines is 1. The van der Waals surface area contributed by atoms with E-state index >= 15 is 0 Å². The summed E-state index contributed by atoms with van der Waals surface area (Å²) in [5.74, 6) is 2.86. The standard InChI is InChI=1S/C10H12BrN3O.C7H12O.C4H2Br2N2.Na.H34P32.H/c11-9-3-13-10(4-12-9)14-7-1-2-8(14)6-15-5-7;1-2-7-3-6(1)4-8-5-7;5-3-1-7-4(6)2-8-3;;1-18(2)26(17)30(25(15)16)32(29(23(11)12)24(13)14)31(27(19(3)4)20(5)6)28(21(7)8)22(9)10;/h3-4,7-8H,1-2,5-6H2;6-7H,1-5H2;1-2H;;1-17H2;/q;;;+1;;-1. The Hall–Kier alpha value is 14.1. The molecule has 3 aliphatic heterocycles. The van der Waals surface area contributed by atoms with Crippen molar-refractivity contribution in [3.05, 3.63) is 38.6 Å². The monoisotopic (exact) mass is 1670 g/mol. The van der Waals surface area contributed by atoms with Gasteiger partial charge in [0, 0.05) is 13.2 Å². The van der Waals surface area contributed by atoms with Crippen molar-refractivity contribution in [3.63, 3.8) is 0 Å². The summed E-state index contributed by atoms with van der Waals surface area (Å²) in [6.07, 6.45) is 13.6. The predicted octanol–water partition coefficient (Wildman–Crippen LogP) is 20.6. The van der Waals surface area contributed by atoms with Crippen molar-refractivity contribution in [1.82, 2.24) is 19.9 Å². The number of nitrogens with zero attached hydrogens (tertiary/aromatic N) is 5. The van der Waals surface area contributed by atoms with E-state index in [1.54, 1.807) is 18.6 Å². The van der Waals surface area contributed by atoms with Gasteiger partial charge in [-0.3, -0.25) is 0 Å². The van der Waals surface area contributed by atoms with Crippen LogP contribution < -0.4 is 34.5 Å². The van der Waals surface area contributed by atoms with Crippen molar-refractivity contribution in [2.45, 2.75) is 44.2 Å². The van der Waals surface area contributed by atoms with Crippen LogP contribution >= 0.6 is 304 Å². The molecule has 1 saturated carbocycles. The second kappa shape index (κ2) is 40.4. The van der Waals surface area contributed by atoms with Gasteiger partial charge in [-0.15, -0.1) is 152 Å². The van der Waals surface area contributed by atoms with Crippen LogP contribution in [0.5, 0.6) is 0 Å². The van der Waals surface area contributed by atoms with Crippen LogP contribution in [0.15, 0.2) is 38.6 Å². The molecule has 1 aliphatic carbocycles. The summed E-state index contributed by atoms with van der Waals surface area (Å²) in [5, 5.41) is 0. The van der Waals surface area contributed by atoms with Crippen molar-refractivity contribution in [2.75, 3.05) is 31.3 Å². The summed E-state index contributed by atoms with van der Waals surface area (Å²) in [7, 11) is 56.3. The van der Waals surface area contributed by atoms with Gasteiger partial charge in [0.05, 0.1) is 50.1 Å². The number of halogens is 3. The fourth-order valence-corrected chi connectivity index (χ4v) is 422. The van der Waals surface area contributed by atoms with Gasteiger partial charge in [-0.2, -0.15) is 0 Å². The molecule has 4 bridgehead atoms. The Bertz CT molecular complexity index is 1510. The van der Waals surface area contributed by atoms with Crippen molar-refractivity contribution in [1.29, 1.82) is 0 Å². The first-order valence-corrected chi connectivity index (χ1v) is 77.7. The Kier molecular flexibility index (Phi) is 46.8. The van der Waals surface area contributed by atoms with Crippen LogP contribution in [0.3, 0.4) is 0 Å². The van der Waals surface area contributed by atoms with Crippen molar-refractivity contribution < 1.29 is 40.5 Å². The topological polar surface area (TPSA) is 73.3 Å². The van der Waals surface area contributed by atoms with Crippen LogP contribution in [0, 0.1) is 11.8 Å². The van der Waals surface area contributed by atoms with Gasteiger partial charge in [0.2, 0.25) is 0 Å². The van der Waals surface area contributed by atoms with Gasteiger partial charge in [0.1, 0.15) is 19.6 Å². The maximum absolute atomic E-state index is 5.53. The second-order valence-electron chi connectivity index (χ2n) is 13.2. The SMILES string of the molecule is Brc1cnc(Br)cn1.Brc1cnc(N2C3CCC2COC3)cn1.C1CC2COCC1C2.PP(P)P(P)P(P(P)P)P(P(P(P)P)P(P)P)P(P(P(P)P)P(P)P)P(P(P)P)P(P)P.[H-].[Na+]. The second-order valence-corrected chi connectivity index (χ2v) is 145. The van der Waals surface area contributed by atoms with E-state index in [9.17, 15) is 0 Å². The molecule has 2 aromatic heterocycles. The Morgan fingerprint density at radius 3 is 1.06 bits per heavy atom. The minimum absolute atomic E-state index is 0. The summed E-state index contributed by atoms with van der Waals surface area (Å²) < 4.78 is 13.2. The Morgan fingerprint density at radius 1 is 0.438 bits per heavy atom. The van der Waals surface area contributed by atoms with Crippen molar-refractivity contribution in [2.24, 2.45) is 11.8 Å². The zero-order valence-corrected chi connectivity index (χ0v) is 74.5. The summed E-state index contributed by atoms with van der Waals surface area (Å²) in [6.45, 7) is 3.26. The van der Waals surface area contributed by atoms with Gasteiger partial charge < -0.3 is 15.8 Å². The number of hydrogen-bond acceptors (Lipinski definition) is 7. The minimum atomic E-state index is -0.0805. The summed E-state index contributed by atoms with van der Waals surface area (Å²) >= 11 is 9.60. The Morgan fingerprint density at radius 2 is 0.766 bits per heavy atom. The van der Waals surface area contributed by atoms with Gasteiger partial charge in [-0.05, 0) is 197 Å². The van der Waals surface area contributed by atoms with Gasteiger partial charge in [-0.25, -0.2) is 19.9 Å². The van der Waals surface area contributed by atoms with Gasteiger partial charge >= 0.3 is 29.6 Å². The quantitative estimate of drug-likeness (QED) is 0.130. The van der Waals surface area contributed by atoms with Crippen LogP contribution in [-0.2, 0) is 9.47 Å². The van der Waals surface area contributed by atoms with E-state index in [0.29, 0.717) is 12.1 Å². The van der Waals surface area contributed by atoms with E-state index in [0.717, 1.165) is 57.9 Å². The number of morpholine rings is 1. The van der Waals surface area contributed by atoms with Crippen LogP contribution in [0.2, 0.25) is 0 Å². The van der Waals surface area contributed by atoms with Crippen LogP contribution in [0.4, 0.5) is 5.82 Å². The van der Waals surface area contributed by atoms with Crippen molar-refractivity contribution >= 4 is 310 Å². The largest absolute Gasteiger partial charge is 1.00 e. The third-order valence-electron chi connectivity index (χ3n) is 8.72. The third kappa shape index (κ3) is 26.1. The number of aromatic nitrogens is 4. The zero-order chi connectivity index (χ0) is 47.3. The van der Waals surface area contributed by atoms with Crippen LogP contribution in [-0.4, -0.2) is 58.4 Å². The van der Waals surface area contributed by atoms with Crippen molar-refractivity contribution in [3.8, 4) is 0 Å². The molecule has 0 aromatic carbocycles. The smallest absolute Gasteiger partial charge is 1.00 e. The van der Waals surface area contributed by atoms with E-state index < -0.39 is 0 Å². The van der Waals surface area contributed by atoms with Gasteiger partial charge in [0.25, 0.3) is 0 Å². The molecule has 6 rings (SSSR count).